The van der Waals surface area contributed by atoms with Crippen molar-refractivity contribution in [1.29, 1.82) is 0 Å². The number of aromatic hydroxyl groups is 1. The quantitative estimate of drug-likeness (QED) is 0.318. The van der Waals surface area contributed by atoms with Crippen molar-refractivity contribution in [3.05, 3.63) is 51.1 Å². The summed E-state index contributed by atoms with van der Waals surface area (Å²) in [5.74, 6) is -1.97. The summed E-state index contributed by atoms with van der Waals surface area (Å²) in [5, 5.41) is 21.5. The highest BCUT2D eigenvalue weighted by Gasteiger charge is 2.36. The van der Waals surface area contributed by atoms with Gasteiger partial charge in [0.25, 0.3) is 0 Å². The molecule has 4 N–H and O–H groups in total. The van der Waals surface area contributed by atoms with Crippen molar-refractivity contribution in [1.82, 2.24) is 4.90 Å². The van der Waals surface area contributed by atoms with Crippen LogP contribution >= 0.6 is 19.4 Å². The molecule has 1 aliphatic rings. The summed E-state index contributed by atoms with van der Waals surface area (Å²) in [6.07, 6.45) is -0.654. The van der Waals surface area contributed by atoms with E-state index in [-0.39, 0.29) is 28.8 Å². The summed E-state index contributed by atoms with van der Waals surface area (Å²) in [6.45, 7) is 0.782. The molecule has 2 atom stereocenters. The normalized spacial score (nSPS) is 19.7. The summed E-state index contributed by atoms with van der Waals surface area (Å²) in [4.78, 5) is 33.9. The van der Waals surface area contributed by atoms with Crippen LogP contribution in [0.3, 0.4) is 0 Å². The molecule has 0 aliphatic carbocycles. The molecular formula is C21H20BClNO8P. The molecular weight excluding hydrogens is 471 g/mol. The molecule has 0 saturated carbocycles. The SMILES string of the molecule is [B]c1c(OP(=O)(O)O)c(C2CCN(C)CC2O)c2oc(-c3ccccc3Cl)cc(=O)c2c1O. The van der Waals surface area contributed by atoms with Crippen LogP contribution in [0.15, 0.2) is 39.5 Å². The van der Waals surface area contributed by atoms with E-state index < -0.39 is 42.2 Å². The molecule has 0 bridgehead atoms. The second-order valence-corrected chi connectivity index (χ2v) is 9.54. The number of nitrogens with zero attached hydrogens (tertiary/aromatic N) is 1. The average Bonchev–Trinajstić information content (AvgIpc) is 2.72. The molecule has 1 fully saturated rings. The van der Waals surface area contributed by atoms with Gasteiger partial charge in [0.1, 0.15) is 36.1 Å². The molecule has 0 spiro atoms. The van der Waals surface area contributed by atoms with Gasteiger partial charge in [0.15, 0.2) is 5.43 Å². The number of phenols is 1. The van der Waals surface area contributed by atoms with Gasteiger partial charge >= 0.3 is 7.82 Å². The molecule has 2 heterocycles. The topological polar surface area (TPSA) is 141 Å². The van der Waals surface area contributed by atoms with Gasteiger partial charge in [-0.2, -0.15) is 0 Å². The first-order valence-electron chi connectivity index (χ1n) is 9.96. The number of piperidine rings is 1. The van der Waals surface area contributed by atoms with Gasteiger partial charge in [-0.3, -0.25) is 14.6 Å². The fraction of sp³-hybridized carbons (Fsp3) is 0.286. The number of halogens is 1. The van der Waals surface area contributed by atoms with E-state index in [1.165, 1.54) is 0 Å². The minimum Gasteiger partial charge on any atom is -0.508 e. The fourth-order valence-electron chi connectivity index (χ4n) is 4.17. The van der Waals surface area contributed by atoms with Crippen LogP contribution in [-0.4, -0.2) is 59.0 Å². The summed E-state index contributed by atoms with van der Waals surface area (Å²) < 4.78 is 22.6. The Morgan fingerprint density at radius 2 is 2.00 bits per heavy atom. The Kier molecular flexibility index (Phi) is 6.35. The molecule has 3 aromatic rings. The van der Waals surface area contributed by atoms with Crippen LogP contribution in [0, 0.1) is 0 Å². The molecule has 172 valence electrons. The van der Waals surface area contributed by atoms with Gasteiger partial charge < -0.3 is 24.1 Å². The number of likely N-dealkylation sites (N-methyl/N-ethyl adjacent to an activating group) is 1. The lowest BCUT2D eigenvalue weighted by Crippen LogP contribution is -2.41. The number of phenolic OH excluding ortho intramolecular Hbond substituents is 1. The van der Waals surface area contributed by atoms with Crippen molar-refractivity contribution in [3.63, 3.8) is 0 Å². The number of phosphoric ester groups is 1. The smallest absolute Gasteiger partial charge is 0.508 e. The Labute approximate surface area is 194 Å². The van der Waals surface area contributed by atoms with Gasteiger partial charge in [-0.15, -0.1) is 0 Å². The average molecular weight is 492 g/mol. The highest BCUT2D eigenvalue weighted by atomic mass is 35.5. The zero-order valence-corrected chi connectivity index (χ0v) is 19.1. The lowest BCUT2D eigenvalue weighted by molar-refractivity contribution is 0.0632. The molecule has 1 aromatic heterocycles. The maximum absolute atomic E-state index is 13.0. The van der Waals surface area contributed by atoms with Gasteiger partial charge in [-0.1, -0.05) is 23.7 Å². The van der Waals surface area contributed by atoms with E-state index in [2.05, 4.69) is 0 Å². The number of aliphatic hydroxyl groups excluding tert-OH is 1. The van der Waals surface area contributed by atoms with Crippen LogP contribution in [0.25, 0.3) is 22.3 Å². The first kappa shape index (κ1) is 23.8. The Bertz CT molecular complexity index is 1340. The molecule has 2 radical (unpaired) electrons. The molecule has 0 amide bonds. The van der Waals surface area contributed by atoms with Crippen molar-refractivity contribution >= 4 is 43.7 Å². The van der Waals surface area contributed by atoms with Crippen LogP contribution in [0.5, 0.6) is 11.5 Å². The molecule has 1 saturated heterocycles. The van der Waals surface area contributed by atoms with Crippen molar-refractivity contribution < 1.29 is 33.5 Å². The third-order valence-corrected chi connectivity index (χ3v) is 6.43. The van der Waals surface area contributed by atoms with E-state index in [4.69, 9.17) is 28.4 Å². The van der Waals surface area contributed by atoms with Gasteiger partial charge in [0, 0.05) is 29.7 Å². The van der Waals surface area contributed by atoms with Gasteiger partial charge in [-0.25, -0.2) is 4.57 Å². The zero-order valence-electron chi connectivity index (χ0n) is 17.4. The molecule has 4 rings (SSSR count). The largest absolute Gasteiger partial charge is 0.524 e. The van der Waals surface area contributed by atoms with Gasteiger partial charge in [-0.05, 0) is 37.6 Å². The monoisotopic (exact) mass is 491 g/mol. The second kappa shape index (κ2) is 8.79. The summed E-state index contributed by atoms with van der Waals surface area (Å²) in [7, 11) is 2.64. The first-order valence-corrected chi connectivity index (χ1v) is 11.9. The highest BCUT2D eigenvalue weighted by molar-refractivity contribution is 7.46. The third-order valence-electron chi connectivity index (χ3n) is 5.68. The third kappa shape index (κ3) is 4.55. The van der Waals surface area contributed by atoms with Crippen LogP contribution < -0.4 is 15.4 Å². The van der Waals surface area contributed by atoms with E-state index in [1.807, 2.05) is 11.9 Å². The number of likely N-dealkylation sites (tertiary alicyclic amines) is 1. The van der Waals surface area contributed by atoms with E-state index in [9.17, 15) is 29.4 Å². The summed E-state index contributed by atoms with van der Waals surface area (Å²) in [6, 6.07) is 7.76. The molecule has 2 aromatic carbocycles. The predicted molar refractivity (Wildman–Crippen MR) is 124 cm³/mol. The van der Waals surface area contributed by atoms with E-state index in [0.29, 0.717) is 23.6 Å². The summed E-state index contributed by atoms with van der Waals surface area (Å²) >= 11 is 6.26. The zero-order chi connectivity index (χ0) is 24.1. The summed E-state index contributed by atoms with van der Waals surface area (Å²) in [5.41, 5.74) is -0.996. The van der Waals surface area contributed by atoms with Gasteiger partial charge in [0.2, 0.25) is 0 Å². The number of benzene rings is 2. The lowest BCUT2D eigenvalue weighted by Gasteiger charge is -2.35. The van der Waals surface area contributed by atoms with Gasteiger partial charge in [0.05, 0.1) is 11.1 Å². The number of β-amino-alcohol motifs (C(OH)–C–C–N with tert-alkyl or cyclic N) is 1. The number of hydrogen-bond donors (Lipinski definition) is 4. The van der Waals surface area contributed by atoms with Crippen LogP contribution in [0.4, 0.5) is 0 Å². The van der Waals surface area contributed by atoms with Crippen LogP contribution in [0.2, 0.25) is 5.02 Å². The maximum atomic E-state index is 13.0. The molecule has 1 aliphatic heterocycles. The predicted octanol–water partition coefficient (Wildman–Crippen LogP) is 1.86. The van der Waals surface area contributed by atoms with Crippen LogP contribution in [0.1, 0.15) is 17.9 Å². The number of fused-ring (bicyclic) bond motifs is 1. The minimum atomic E-state index is -5.14. The Hall–Kier alpha value is -2.33. The molecule has 9 nitrogen and oxygen atoms in total. The van der Waals surface area contributed by atoms with E-state index in [0.717, 1.165) is 6.07 Å². The number of hydrogen-bond acceptors (Lipinski definition) is 7. The number of aliphatic hydroxyl groups is 1. The fourth-order valence-corrected chi connectivity index (χ4v) is 4.84. The Morgan fingerprint density at radius 3 is 2.64 bits per heavy atom. The number of rotatable bonds is 4. The van der Waals surface area contributed by atoms with Crippen LogP contribution in [-0.2, 0) is 4.57 Å². The number of phosphoric acid groups is 1. The molecule has 12 heteroatoms. The molecule has 33 heavy (non-hydrogen) atoms. The van der Waals surface area contributed by atoms with Crippen molar-refractivity contribution in [3.8, 4) is 22.8 Å². The Morgan fingerprint density at radius 1 is 1.30 bits per heavy atom. The van der Waals surface area contributed by atoms with Crippen molar-refractivity contribution in [2.45, 2.75) is 18.4 Å². The second-order valence-electron chi connectivity index (χ2n) is 7.97. The first-order chi connectivity index (χ1) is 15.5. The lowest BCUT2D eigenvalue weighted by atomic mass is 9.80. The minimum absolute atomic E-state index is 0.00442. The maximum Gasteiger partial charge on any atom is 0.524 e. The van der Waals surface area contributed by atoms with E-state index >= 15 is 0 Å². The molecule has 2 unspecified atom stereocenters. The van der Waals surface area contributed by atoms with Crippen molar-refractivity contribution in [2.75, 3.05) is 20.1 Å². The highest BCUT2D eigenvalue weighted by Crippen LogP contribution is 2.47. The van der Waals surface area contributed by atoms with E-state index in [1.54, 1.807) is 24.3 Å². The van der Waals surface area contributed by atoms with Crippen molar-refractivity contribution in [2.24, 2.45) is 0 Å². The Balaban J connectivity index is 2.10. The standard InChI is InChI=1S/C21H20BClNO8P/c1-24-7-6-11(14(26)9-24)16-20-17(19(27)18(22)21(16)32-33(28,29)30)13(25)8-15(31-20)10-4-2-3-5-12(10)23/h2-5,8,11,14,26-27H,6-7,9H2,1H3,(H2,28,29,30).